The summed E-state index contributed by atoms with van der Waals surface area (Å²) in [5, 5.41) is 6.78. The SMILES string of the molecule is CC1(C)[C@@H]2C[C@H]3OB([C@H](Cc4ccccc4)NC(=O)CCC4CCCN4)O[C@@]3(C)[C@H]1C2. The van der Waals surface area contributed by atoms with E-state index in [4.69, 9.17) is 9.31 Å². The van der Waals surface area contributed by atoms with E-state index in [0.29, 0.717) is 23.8 Å². The van der Waals surface area contributed by atoms with Crippen LogP contribution in [0, 0.1) is 17.3 Å². The third kappa shape index (κ3) is 3.96. The first-order valence-corrected chi connectivity index (χ1v) is 12.3. The van der Waals surface area contributed by atoms with Gasteiger partial charge in [0.15, 0.2) is 0 Å². The van der Waals surface area contributed by atoms with Crippen molar-refractivity contribution in [1.82, 2.24) is 10.6 Å². The molecule has 1 aromatic rings. The molecule has 6 atom stereocenters. The Bertz CT molecular complexity index is 797. The van der Waals surface area contributed by atoms with Crippen LogP contribution in [0.5, 0.6) is 0 Å². The fourth-order valence-corrected chi connectivity index (χ4v) is 6.74. The van der Waals surface area contributed by atoms with Gasteiger partial charge in [-0.3, -0.25) is 4.79 Å². The first kappa shape index (κ1) is 21.5. The minimum atomic E-state index is -0.390. The molecule has 1 unspecified atom stereocenters. The molecule has 5 fully saturated rings. The van der Waals surface area contributed by atoms with Crippen molar-refractivity contribution in [2.75, 3.05) is 6.54 Å². The smallest absolute Gasteiger partial charge is 0.404 e. The molecule has 0 radical (unpaired) electrons. The second-order valence-corrected chi connectivity index (χ2v) is 11.0. The average molecular weight is 424 g/mol. The van der Waals surface area contributed by atoms with Crippen LogP contribution in [0.4, 0.5) is 0 Å². The van der Waals surface area contributed by atoms with Crippen LogP contribution in [0.3, 0.4) is 0 Å². The molecule has 5 aliphatic rings. The summed E-state index contributed by atoms with van der Waals surface area (Å²) in [6.07, 6.45) is 6.99. The molecule has 2 bridgehead atoms. The van der Waals surface area contributed by atoms with Crippen LogP contribution in [-0.4, -0.2) is 43.3 Å². The number of carbonyl (C=O) groups excluding carboxylic acids is 1. The Morgan fingerprint density at radius 1 is 1.26 bits per heavy atom. The lowest BCUT2D eigenvalue weighted by atomic mass is 9.43. The van der Waals surface area contributed by atoms with Crippen molar-refractivity contribution in [2.45, 2.75) is 89.4 Å². The molecule has 0 aromatic heterocycles. The Morgan fingerprint density at radius 2 is 2.06 bits per heavy atom. The Balaban J connectivity index is 1.28. The highest BCUT2D eigenvalue weighted by Gasteiger charge is 2.68. The molecular weight excluding hydrogens is 387 g/mol. The van der Waals surface area contributed by atoms with Gasteiger partial charge in [-0.25, -0.2) is 0 Å². The first-order valence-electron chi connectivity index (χ1n) is 12.3. The van der Waals surface area contributed by atoms with E-state index in [1.165, 1.54) is 24.8 Å². The molecule has 1 aromatic carbocycles. The van der Waals surface area contributed by atoms with Gasteiger partial charge in [0.05, 0.1) is 17.6 Å². The van der Waals surface area contributed by atoms with E-state index in [0.717, 1.165) is 31.7 Å². The standard InChI is InChI=1S/C25H37BN2O3/c1-24(2)18-15-20(24)25(3)21(16-18)30-26(31-25)22(14-17-8-5-4-6-9-17)28-23(29)12-11-19-10-7-13-27-19/h4-6,8-9,18-22,27H,7,10-16H2,1-3H3,(H,28,29)/t18-,19?,20-,21+,22-,25-/m0/s1. The van der Waals surface area contributed by atoms with Gasteiger partial charge in [-0.05, 0) is 74.8 Å². The topological polar surface area (TPSA) is 59.6 Å². The maximum absolute atomic E-state index is 12.9. The summed E-state index contributed by atoms with van der Waals surface area (Å²) in [6, 6.07) is 10.8. The Kier molecular flexibility index (Phi) is 5.68. The number of rotatable bonds is 7. The third-order valence-corrected chi connectivity index (χ3v) is 8.82. The minimum Gasteiger partial charge on any atom is -0.404 e. The highest BCUT2D eigenvalue weighted by Crippen LogP contribution is 2.65. The summed E-state index contributed by atoms with van der Waals surface area (Å²) in [4.78, 5) is 12.9. The van der Waals surface area contributed by atoms with Gasteiger partial charge >= 0.3 is 7.12 Å². The number of nitrogens with one attached hydrogen (secondary N) is 2. The maximum Gasteiger partial charge on any atom is 0.482 e. The molecular formula is C25H37BN2O3. The van der Waals surface area contributed by atoms with Crippen LogP contribution in [0.25, 0.3) is 0 Å². The highest BCUT2D eigenvalue weighted by molar-refractivity contribution is 6.48. The quantitative estimate of drug-likeness (QED) is 0.658. The second kappa shape index (κ2) is 8.20. The zero-order valence-electron chi connectivity index (χ0n) is 19.2. The van der Waals surface area contributed by atoms with Crippen LogP contribution in [0.15, 0.2) is 30.3 Å². The van der Waals surface area contributed by atoms with Crippen molar-refractivity contribution in [3.8, 4) is 0 Å². The average Bonchev–Trinajstić information content (AvgIpc) is 3.39. The zero-order valence-corrected chi connectivity index (χ0v) is 19.2. The number of hydrogen-bond acceptors (Lipinski definition) is 4. The van der Waals surface area contributed by atoms with Gasteiger partial charge in [0.2, 0.25) is 5.91 Å². The van der Waals surface area contributed by atoms with Gasteiger partial charge in [0.25, 0.3) is 0 Å². The number of benzene rings is 1. The number of carbonyl (C=O) groups is 1. The zero-order chi connectivity index (χ0) is 21.6. The van der Waals surface area contributed by atoms with E-state index in [1.807, 2.05) is 6.07 Å². The molecule has 168 valence electrons. The van der Waals surface area contributed by atoms with Crippen LogP contribution in [0.2, 0.25) is 0 Å². The predicted molar refractivity (Wildman–Crippen MR) is 122 cm³/mol. The summed E-state index contributed by atoms with van der Waals surface area (Å²) < 4.78 is 13.2. The first-order chi connectivity index (χ1) is 14.9. The Labute approximate surface area is 187 Å². The fraction of sp³-hybridized carbons (Fsp3) is 0.720. The largest absolute Gasteiger partial charge is 0.482 e. The lowest BCUT2D eigenvalue weighted by Crippen LogP contribution is -2.65. The molecule has 5 nitrogen and oxygen atoms in total. The van der Waals surface area contributed by atoms with Crippen LogP contribution >= 0.6 is 0 Å². The van der Waals surface area contributed by atoms with E-state index >= 15 is 0 Å². The van der Waals surface area contributed by atoms with E-state index in [-0.39, 0.29) is 30.7 Å². The molecule has 2 heterocycles. The van der Waals surface area contributed by atoms with Crippen molar-refractivity contribution in [2.24, 2.45) is 17.3 Å². The molecule has 31 heavy (non-hydrogen) atoms. The lowest BCUT2D eigenvalue weighted by Gasteiger charge is -2.64. The minimum absolute atomic E-state index is 0.103. The molecule has 2 saturated heterocycles. The summed E-state index contributed by atoms with van der Waals surface area (Å²) in [5.41, 5.74) is 1.26. The monoisotopic (exact) mass is 424 g/mol. The van der Waals surface area contributed by atoms with Crippen molar-refractivity contribution in [3.63, 3.8) is 0 Å². The summed E-state index contributed by atoms with van der Waals surface area (Å²) in [6.45, 7) is 8.08. The van der Waals surface area contributed by atoms with Gasteiger partial charge in [0, 0.05) is 12.5 Å². The van der Waals surface area contributed by atoms with E-state index in [9.17, 15) is 4.79 Å². The third-order valence-electron chi connectivity index (χ3n) is 8.82. The van der Waals surface area contributed by atoms with E-state index in [2.05, 4.69) is 55.7 Å². The molecule has 0 spiro atoms. The Morgan fingerprint density at radius 3 is 2.77 bits per heavy atom. The maximum atomic E-state index is 12.9. The van der Waals surface area contributed by atoms with E-state index < -0.39 is 0 Å². The lowest BCUT2D eigenvalue weighted by molar-refractivity contribution is -0.199. The van der Waals surface area contributed by atoms with Crippen LogP contribution in [-0.2, 0) is 20.5 Å². The molecule has 6 heteroatoms. The molecule has 2 aliphatic heterocycles. The molecule has 6 rings (SSSR count). The van der Waals surface area contributed by atoms with Gasteiger partial charge in [-0.15, -0.1) is 0 Å². The van der Waals surface area contributed by atoms with Gasteiger partial charge < -0.3 is 19.9 Å². The second-order valence-electron chi connectivity index (χ2n) is 11.0. The molecule has 1 amide bonds. The molecule has 3 saturated carbocycles. The summed E-state index contributed by atoms with van der Waals surface area (Å²) >= 11 is 0. The van der Waals surface area contributed by atoms with Crippen molar-refractivity contribution >= 4 is 13.0 Å². The number of amides is 1. The Hall–Kier alpha value is -1.37. The van der Waals surface area contributed by atoms with Crippen LogP contribution < -0.4 is 10.6 Å². The molecule has 2 N–H and O–H groups in total. The normalized spacial score (nSPS) is 36.5. The van der Waals surface area contributed by atoms with Crippen LogP contribution in [0.1, 0.15) is 64.9 Å². The number of hydrogen-bond donors (Lipinski definition) is 2. The summed E-state index contributed by atoms with van der Waals surface area (Å²) in [7, 11) is -0.390. The fourth-order valence-electron chi connectivity index (χ4n) is 6.74. The predicted octanol–water partition coefficient (Wildman–Crippen LogP) is 3.51. The van der Waals surface area contributed by atoms with Crippen molar-refractivity contribution < 1.29 is 14.1 Å². The van der Waals surface area contributed by atoms with Gasteiger partial charge in [-0.2, -0.15) is 0 Å². The van der Waals surface area contributed by atoms with Crippen molar-refractivity contribution in [1.29, 1.82) is 0 Å². The van der Waals surface area contributed by atoms with Gasteiger partial charge in [-0.1, -0.05) is 44.2 Å². The van der Waals surface area contributed by atoms with E-state index in [1.54, 1.807) is 0 Å². The summed E-state index contributed by atoms with van der Waals surface area (Å²) in [5.74, 6) is 1.18. The van der Waals surface area contributed by atoms with Crippen molar-refractivity contribution in [3.05, 3.63) is 35.9 Å². The van der Waals surface area contributed by atoms with Gasteiger partial charge in [0.1, 0.15) is 0 Å². The molecule has 3 aliphatic carbocycles. The highest BCUT2D eigenvalue weighted by atomic mass is 16.7.